The van der Waals surface area contributed by atoms with E-state index in [4.69, 9.17) is 13.6 Å². The van der Waals surface area contributed by atoms with Crippen molar-refractivity contribution < 1.29 is 23.2 Å². The summed E-state index contributed by atoms with van der Waals surface area (Å²) in [5.41, 5.74) is -3.18. The van der Waals surface area contributed by atoms with E-state index in [1.165, 1.54) is 43.5 Å². The Morgan fingerprint density at radius 1 is 0.618 bits per heavy atom. The molecule has 0 atom stereocenters. The summed E-state index contributed by atoms with van der Waals surface area (Å²) >= 11 is 0. The number of rotatable bonds is 2. The molecule has 2 heterocycles. The number of furan rings is 2. The Morgan fingerprint density at radius 3 is 1.32 bits per heavy atom. The lowest BCUT2D eigenvalue weighted by molar-refractivity contribution is 0.0598. The zero-order valence-corrected chi connectivity index (χ0v) is 17.2. The first-order chi connectivity index (χ1) is 16.3. The molecule has 0 saturated heterocycles. The molecule has 9 nitrogen and oxygen atoms in total. The number of ether oxygens (including phenoxy) is 1. The van der Waals surface area contributed by atoms with Crippen molar-refractivity contribution in [1.29, 1.82) is 0 Å². The van der Waals surface area contributed by atoms with Crippen molar-refractivity contribution in [1.82, 2.24) is 0 Å². The monoisotopic (exact) mass is 454 g/mol. The molecule has 0 spiro atoms. The Balaban J connectivity index is 1.98. The molecule has 6 rings (SSSR count). The van der Waals surface area contributed by atoms with Crippen LogP contribution in [-0.2, 0) is 4.74 Å². The maximum atomic E-state index is 12.4. The van der Waals surface area contributed by atoms with Crippen molar-refractivity contribution in [2.45, 2.75) is 0 Å². The maximum absolute atomic E-state index is 12.4. The van der Waals surface area contributed by atoms with Crippen LogP contribution in [0.4, 0.5) is 0 Å². The van der Waals surface area contributed by atoms with Crippen LogP contribution in [0.3, 0.4) is 0 Å². The van der Waals surface area contributed by atoms with E-state index in [0.717, 1.165) is 0 Å². The molecule has 0 bridgehead atoms. The van der Waals surface area contributed by atoms with Crippen molar-refractivity contribution in [2.24, 2.45) is 0 Å². The van der Waals surface area contributed by atoms with Crippen LogP contribution in [0.5, 0.6) is 0 Å². The Morgan fingerprint density at radius 2 is 0.971 bits per heavy atom. The maximum Gasteiger partial charge on any atom is 0.346 e. The average Bonchev–Trinajstić information content (AvgIpc) is 3.28. The summed E-state index contributed by atoms with van der Waals surface area (Å²) in [4.78, 5) is 72.9. The third-order valence-corrected chi connectivity index (χ3v) is 6.16. The van der Waals surface area contributed by atoms with Crippen LogP contribution < -0.4 is 22.5 Å². The Kier molecular flexibility index (Phi) is 3.80. The Hall–Kier alpha value is -4.92. The van der Waals surface area contributed by atoms with E-state index in [1.807, 2.05) is 0 Å². The van der Waals surface area contributed by atoms with E-state index in [9.17, 15) is 28.8 Å². The summed E-state index contributed by atoms with van der Waals surface area (Å²) in [7, 11) is 1.18. The van der Waals surface area contributed by atoms with Gasteiger partial charge in [0.15, 0.2) is 6.29 Å². The molecule has 164 valence electrons. The molecule has 0 N–H and O–H groups in total. The van der Waals surface area contributed by atoms with Crippen LogP contribution in [0, 0.1) is 0 Å². The van der Waals surface area contributed by atoms with Gasteiger partial charge in [-0.3, -0.25) is 4.79 Å². The van der Waals surface area contributed by atoms with Gasteiger partial charge in [0.2, 0.25) is 0 Å². The highest BCUT2D eigenvalue weighted by atomic mass is 16.5. The molecule has 0 saturated carbocycles. The Bertz CT molecular complexity index is 2120. The third-order valence-electron chi connectivity index (χ3n) is 6.16. The van der Waals surface area contributed by atoms with Gasteiger partial charge >= 0.3 is 28.5 Å². The van der Waals surface area contributed by atoms with E-state index in [2.05, 4.69) is 0 Å². The van der Waals surface area contributed by atoms with Gasteiger partial charge in [0.1, 0.15) is 0 Å². The number of esters is 1. The molecule has 2 aromatic heterocycles. The lowest BCUT2D eigenvalue weighted by Crippen LogP contribution is -2.05. The van der Waals surface area contributed by atoms with Crippen molar-refractivity contribution >= 4 is 66.1 Å². The van der Waals surface area contributed by atoms with E-state index in [0.29, 0.717) is 38.6 Å². The summed E-state index contributed by atoms with van der Waals surface area (Å²) in [6.07, 6.45) is 0.506. The fraction of sp³-hybridized carbons (Fsp3) is 0.0400. The number of benzene rings is 4. The first-order valence-electron chi connectivity index (χ1n) is 9.94. The number of carbonyl (C=O) groups excluding carboxylic acids is 2. The minimum absolute atomic E-state index is 0.000508. The molecule has 0 aliphatic carbocycles. The van der Waals surface area contributed by atoms with Crippen molar-refractivity contribution in [3.05, 3.63) is 89.2 Å². The molecular weight excluding hydrogens is 444 g/mol. The van der Waals surface area contributed by atoms with Gasteiger partial charge in [-0.1, -0.05) is 0 Å². The van der Waals surface area contributed by atoms with Gasteiger partial charge in [-0.15, -0.1) is 0 Å². The van der Waals surface area contributed by atoms with Gasteiger partial charge in [0, 0.05) is 5.56 Å². The summed E-state index contributed by atoms with van der Waals surface area (Å²) in [6.45, 7) is 0. The standard InChI is InChI=1S/C25H10O9/c1-32-21(27)10-3-12-11(2-9(10)8-26)13-4-17-19(24(30)33-22(17)28)6-15(13)16-7-20-18(5-14(12)16)23(29)34-25(20)31/h2-8H,1H3. The van der Waals surface area contributed by atoms with Crippen LogP contribution in [0.2, 0.25) is 0 Å². The van der Waals surface area contributed by atoms with Crippen LogP contribution in [0.25, 0.3) is 53.9 Å². The van der Waals surface area contributed by atoms with Crippen LogP contribution in [-0.4, -0.2) is 19.4 Å². The van der Waals surface area contributed by atoms with E-state index >= 15 is 0 Å². The molecule has 4 aromatic carbocycles. The smallest absolute Gasteiger partial charge is 0.346 e. The highest BCUT2D eigenvalue weighted by molar-refractivity contribution is 6.30. The molecule has 6 aromatic rings. The van der Waals surface area contributed by atoms with Crippen molar-refractivity contribution in [2.75, 3.05) is 7.11 Å². The molecule has 9 heteroatoms. The van der Waals surface area contributed by atoms with Crippen LogP contribution >= 0.6 is 0 Å². The zero-order valence-electron chi connectivity index (χ0n) is 17.2. The largest absolute Gasteiger partial charge is 0.465 e. The molecule has 0 radical (unpaired) electrons. The molecular formula is C25H10O9. The van der Waals surface area contributed by atoms with Gasteiger partial charge in [-0.05, 0) is 68.7 Å². The van der Waals surface area contributed by atoms with Gasteiger partial charge in [-0.2, -0.15) is 0 Å². The van der Waals surface area contributed by atoms with Crippen LogP contribution in [0.1, 0.15) is 20.7 Å². The third kappa shape index (κ3) is 2.43. The van der Waals surface area contributed by atoms with Crippen molar-refractivity contribution in [3.8, 4) is 0 Å². The summed E-state index contributed by atoms with van der Waals surface area (Å²) in [5.74, 6) is -0.740. The van der Waals surface area contributed by atoms with E-state index in [-0.39, 0.29) is 32.7 Å². The van der Waals surface area contributed by atoms with Gasteiger partial charge in [0.05, 0.1) is 34.2 Å². The Labute approximate surface area is 186 Å². The minimum atomic E-state index is -0.809. The highest BCUT2D eigenvalue weighted by Crippen LogP contribution is 2.38. The molecule has 0 aliphatic heterocycles. The van der Waals surface area contributed by atoms with Gasteiger partial charge in [-0.25, -0.2) is 24.0 Å². The molecule has 0 unspecified atom stereocenters. The number of carbonyl (C=O) groups is 2. The predicted octanol–water partition coefficient (Wildman–Crippen LogP) is 2.55. The normalized spacial score (nSPS) is 11.8. The second-order valence-corrected chi connectivity index (χ2v) is 7.84. The fourth-order valence-electron chi connectivity index (χ4n) is 4.60. The van der Waals surface area contributed by atoms with E-state index < -0.39 is 28.5 Å². The summed E-state index contributed by atoms with van der Waals surface area (Å²) in [6, 6.07) is 8.82. The minimum Gasteiger partial charge on any atom is -0.465 e. The fourth-order valence-corrected chi connectivity index (χ4v) is 4.60. The first kappa shape index (κ1) is 19.7. The lowest BCUT2D eigenvalue weighted by Gasteiger charge is -2.13. The number of fused-ring (bicyclic) bond motifs is 8. The number of methoxy groups -OCH3 is 1. The molecule has 0 fully saturated rings. The number of hydrogen-bond acceptors (Lipinski definition) is 9. The molecule has 34 heavy (non-hydrogen) atoms. The number of hydrogen-bond donors (Lipinski definition) is 0. The first-order valence-corrected chi connectivity index (χ1v) is 9.94. The molecule has 0 aliphatic rings. The zero-order chi connectivity index (χ0) is 23.9. The van der Waals surface area contributed by atoms with Gasteiger partial charge < -0.3 is 13.6 Å². The second kappa shape index (κ2) is 6.55. The highest BCUT2D eigenvalue weighted by Gasteiger charge is 2.21. The molecule has 0 amide bonds. The lowest BCUT2D eigenvalue weighted by atomic mass is 9.89. The summed E-state index contributed by atoms with van der Waals surface area (Å²) < 4.78 is 14.3. The van der Waals surface area contributed by atoms with Crippen LogP contribution in [0.15, 0.2) is 64.4 Å². The summed E-state index contributed by atoms with van der Waals surface area (Å²) in [5, 5.41) is 3.04. The number of aldehydes is 1. The predicted molar refractivity (Wildman–Crippen MR) is 123 cm³/mol. The van der Waals surface area contributed by atoms with E-state index in [1.54, 1.807) is 0 Å². The van der Waals surface area contributed by atoms with Crippen molar-refractivity contribution in [3.63, 3.8) is 0 Å². The second-order valence-electron chi connectivity index (χ2n) is 7.84. The average molecular weight is 454 g/mol. The SMILES string of the molecule is COC(=O)c1cc2c(cc1C=O)c1cc3c(=O)oc(=O)c3cc1c1cc3c(=O)oc(=O)c3cc21. The quantitative estimate of drug-likeness (QED) is 0.219. The topological polar surface area (TPSA) is 138 Å². The van der Waals surface area contributed by atoms with Gasteiger partial charge in [0.25, 0.3) is 0 Å².